The van der Waals surface area contributed by atoms with E-state index in [0.29, 0.717) is 13.0 Å². The van der Waals surface area contributed by atoms with Crippen molar-refractivity contribution in [3.63, 3.8) is 0 Å². The van der Waals surface area contributed by atoms with E-state index in [2.05, 4.69) is 14.9 Å². The maximum Gasteiger partial charge on any atom is 0.230 e. The van der Waals surface area contributed by atoms with Crippen LogP contribution in [-0.4, -0.2) is 35.6 Å². The Morgan fingerprint density at radius 1 is 1.39 bits per heavy atom. The number of nitrogens with one attached hydrogen (secondary N) is 1. The third kappa shape index (κ3) is 1.67. The molecule has 1 aromatic carbocycles. The van der Waals surface area contributed by atoms with Crippen molar-refractivity contribution < 1.29 is 4.79 Å². The summed E-state index contributed by atoms with van der Waals surface area (Å²) < 4.78 is 2.12. The molecule has 1 aliphatic heterocycles. The van der Waals surface area contributed by atoms with Crippen LogP contribution in [0, 0.1) is 0 Å². The third-order valence-electron chi connectivity index (χ3n) is 3.31. The summed E-state index contributed by atoms with van der Waals surface area (Å²) in [4.78, 5) is 18.4. The summed E-state index contributed by atoms with van der Waals surface area (Å²) in [6.45, 7) is 2.27. The molecule has 0 fully saturated rings. The van der Waals surface area contributed by atoms with E-state index in [0.717, 1.165) is 30.1 Å². The Labute approximate surface area is 105 Å². The molecule has 0 saturated heterocycles. The minimum atomic E-state index is 0.137. The van der Waals surface area contributed by atoms with Crippen LogP contribution in [-0.2, 0) is 11.3 Å². The minimum absolute atomic E-state index is 0.137. The van der Waals surface area contributed by atoms with E-state index in [1.165, 1.54) is 0 Å². The first kappa shape index (κ1) is 11.2. The van der Waals surface area contributed by atoms with Crippen molar-refractivity contribution in [2.24, 2.45) is 0 Å². The van der Waals surface area contributed by atoms with Gasteiger partial charge in [-0.05, 0) is 19.2 Å². The number of carbonyl (C=O) groups excluding carboxylic acids is 1. The molecule has 3 rings (SSSR count). The lowest BCUT2D eigenvalue weighted by molar-refractivity contribution is -0.118. The second kappa shape index (κ2) is 4.42. The highest BCUT2D eigenvalue weighted by atomic mass is 16.2. The monoisotopic (exact) mass is 244 g/mol. The van der Waals surface area contributed by atoms with Crippen molar-refractivity contribution in [1.29, 1.82) is 0 Å². The third-order valence-corrected chi connectivity index (χ3v) is 3.31. The Hall–Kier alpha value is -1.88. The van der Waals surface area contributed by atoms with Crippen LogP contribution in [0.5, 0.6) is 0 Å². The van der Waals surface area contributed by atoms with Gasteiger partial charge < -0.3 is 9.88 Å². The van der Waals surface area contributed by atoms with Gasteiger partial charge in [-0.3, -0.25) is 9.69 Å². The number of fused-ring (bicyclic) bond motifs is 3. The first-order valence-electron chi connectivity index (χ1n) is 6.21. The van der Waals surface area contributed by atoms with Gasteiger partial charge in [0.05, 0.1) is 11.0 Å². The first-order valence-corrected chi connectivity index (χ1v) is 6.21. The summed E-state index contributed by atoms with van der Waals surface area (Å²) in [5.41, 5.74) is 2.06. The Morgan fingerprint density at radius 3 is 3.06 bits per heavy atom. The average molecular weight is 244 g/mol. The van der Waals surface area contributed by atoms with Crippen molar-refractivity contribution in [1.82, 2.24) is 14.9 Å². The molecule has 0 spiro atoms. The van der Waals surface area contributed by atoms with Crippen molar-refractivity contribution in [2.45, 2.75) is 13.0 Å². The number of hydrogen-bond donors (Lipinski definition) is 1. The fourth-order valence-corrected chi connectivity index (χ4v) is 2.39. The van der Waals surface area contributed by atoms with E-state index >= 15 is 0 Å². The number of nitrogens with zero attached hydrogens (tertiary/aromatic N) is 3. The largest absolute Gasteiger partial charge is 0.319 e. The molecule has 0 saturated carbocycles. The molecule has 1 N–H and O–H groups in total. The number of anilines is 1. The number of aromatic nitrogens is 2. The minimum Gasteiger partial charge on any atom is -0.319 e. The Balaban J connectivity index is 1.94. The number of benzene rings is 1. The number of amides is 1. The van der Waals surface area contributed by atoms with Gasteiger partial charge in [0.1, 0.15) is 0 Å². The first-order chi connectivity index (χ1) is 8.81. The lowest BCUT2D eigenvalue weighted by atomic mass is 10.3. The number of carbonyl (C=O) groups is 1. The molecular formula is C13H16N4O. The zero-order valence-electron chi connectivity index (χ0n) is 10.4. The lowest BCUT2D eigenvalue weighted by Gasteiger charge is -2.13. The molecule has 94 valence electrons. The van der Waals surface area contributed by atoms with Crippen LogP contribution < -0.4 is 10.2 Å². The van der Waals surface area contributed by atoms with Gasteiger partial charge >= 0.3 is 0 Å². The van der Waals surface area contributed by atoms with Gasteiger partial charge in [0.25, 0.3) is 0 Å². The molecule has 0 bridgehead atoms. The molecule has 5 heteroatoms. The quantitative estimate of drug-likeness (QED) is 0.876. The highest BCUT2D eigenvalue weighted by Gasteiger charge is 2.27. The highest BCUT2D eigenvalue weighted by Crippen LogP contribution is 2.27. The zero-order chi connectivity index (χ0) is 12.5. The van der Waals surface area contributed by atoms with E-state index in [1.54, 1.807) is 4.90 Å². The van der Waals surface area contributed by atoms with Gasteiger partial charge in [0, 0.05) is 26.1 Å². The average Bonchev–Trinajstić information content (AvgIpc) is 2.94. The normalized spacial score (nSPS) is 14.2. The standard InChI is InChI=1S/C13H16N4O/c1-14-7-6-12(18)17-9-8-16-11-5-3-2-4-10(11)15-13(16)17/h2-5,14H,6-9H2,1H3. The van der Waals surface area contributed by atoms with Crippen LogP contribution in [0.3, 0.4) is 0 Å². The van der Waals surface area contributed by atoms with Crippen molar-refractivity contribution in [3.8, 4) is 0 Å². The summed E-state index contributed by atoms with van der Waals surface area (Å²) in [6.07, 6.45) is 0.514. The second-order valence-electron chi connectivity index (χ2n) is 4.45. The predicted molar refractivity (Wildman–Crippen MR) is 70.6 cm³/mol. The van der Waals surface area contributed by atoms with Crippen LogP contribution in [0.2, 0.25) is 0 Å². The van der Waals surface area contributed by atoms with Crippen LogP contribution >= 0.6 is 0 Å². The van der Waals surface area contributed by atoms with Gasteiger partial charge in [-0.2, -0.15) is 0 Å². The van der Waals surface area contributed by atoms with E-state index in [1.807, 2.05) is 31.3 Å². The summed E-state index contributed by atoms with van der Waals surface area (Å²) in [5.74, 6) is 0.927. The fourth-order valence-electron chi connectivity index (χ4n) is 2.39. The SMILES string of the molecule is CNCCC(=O)N1CCn2c1nc1ccccc12. The Bertz CT molecular complexity index is 590. The van der Waals surface area contributed by atoms with Crippen LogP contribution in [0.1, 0.15) is 6.42 Å². The van der Waals surface area contributed by atoms with Crippen LogP contribution in [0.4, 0.5) is 5.95 Å². The fraction of sp³-hybridized carbons (Fsp3) is 0.385. The molecule has 0 unspecified atom stereocenters. The molecule has 2 aromatic rings. The van der Waals surface area contributed by atoms with Gasteiger partial charge in [0.15, 0.2) is 0 Å². The Kier molecular flexibility index (Phi) is 2.76. The van der Waals surface area contributed by atoms with E-state index in [4.69, 9.17) is 0 Å². The predicted octanol–water partition coefficient (Wildman–Crippen LogP) is 0.992. The maximum atomic E-state index is 12.1. The number of hydrogen-bond acceptors (Lipinski definition) is 3. The van der Waals surface area contributed by atoms with Gasteiger partial charge in [0.2, 0.25) is 11.9 Å². The molecule has 1 aromatic heterocycles. The summed E-state index contributed by atoms with van der Waals surface area (Å²) in [6, 6.07) is 8.01. The smallest absolute Gasteiger partial charge is 0.230 e. The second-order valence-corrected chi connectivity index (χ2v) is 4.45. The number of para-hydroxylation sites is 2. The van der Waals surface area contributed by atoms with Crippen LogP contribution in [0.25, 0.3) is 11.0 Å². The van der Waals surface area contributed by atoms with E-state index < -0.39 is 0 Å². The van der Waals surface area contributed by atoms with Crippen molar-refractivity contribution in [2.75, 3.05) is 25.0 Å². The molecule has 0 radical (unpaired) electrons. The van der Waals surface area contributed by atoms with Crippen molar-refractivity contribution in [3.05, 3.63) is 24.3 Å². The molecular weight excluding hydrogens is 228 g/mol. The maximum absolute atomic E-state index is 12.1. The topological polar surface area (TPSA) is 50.2 Å². The zero-order valence-corrected chi connectivity index (χ0v) is 10.4. The summed E-state index contributed by atoms with van der Waals surface area (Å²) >= 11 is 0. The molecule has 0 atom stereocenters. The molecule has 5 nitrogen and oxygen atoms in total. The van der Waals surface area contributed by atoms with Gasteiger partial charge in [-0.25, -0.2) is 4.98 Å². The summed E-state index contributed by atoms with van der Waals surface area (Å²) in [5, 5.41) is 3.00. The molecule has 18 heavy (non-hydrogen) atoms. The summed E-state index contributed by atoms with van der Waals surface area (Å²) in [7, 11) is 1.85. The van der Waals surface area contributed by atoms with Gasteiger partial charge in [-0.15, -0.1) is 0 Å². The lowest BCUT2D eigenvalue weighted by Crippen LogP contribution is -2.31. The molecule has 0 aliphatic carbocycles. The molecule has 1 amide bonds. The van der Waals surface area contributed by atoms with Crippen LogP contribution in [0.15, 0.2) is 24.3 Å². The highest BCUT2D eigenvalue weighted by molar-refractivity contribution is 5.94. The van der Waals surface area contributed by atoms with Gasteiger partial charge in [-0.1, -0.05) is 12.1 Å². The van der Waals surface area contributed by atoms with Crippen molar-refractivity contribution >= 4 is 22.9 Å². The van der Waals surface area contributed by atoms with E-state index in [9.17, 15) is 4.79 Å². The number of imidazole rings is 1. The number of rotatable bonds is 3. The molecule has 2 heterocycles. The van der Waals surface area contributed by atoms with E-state index in [-0.39, 0.29) is 5.91 Å². The Morgan fingerprint density at radius 2 is 2.22 bits per heavy atom. The molecule has 1 aliphatic rings.